The van der Waals surface area contributed by atoms with Gasteiger partial charge >= 0.3 is 0 Å². The van der Waals surface area contributed by atoms with Crippen LogP contribution in [0.1, 0.15) is 70.9 Å². The highest BCUT2D eigenvalue weighted by Crippen LogP contribution is 2.30. The van der Waals surface area contributed by atoms with E-state index in [-0.39, 0.29) is 23.0 Å². The second-order valence-corrected chi connectivity index (χ2v) is 7.00. The standard InChI is InChI=1S/C18H18N4O2/c23-17-13-14(20-10-6-2-1-5-9(10)19-13)18(24)16-15(17)21-11-7-3-4-8-12(11)22-16/h13-14H,1-8H2. The third-order valence-corrected chi connectivity index (χ3v) is 5.43. The Hall–Kier alpha value is -2.24. The van der Waals surface area contributed by atoms with Crippen LogP contribution in [0, 0.1) is 0 Å². The van der Waals surface area contributed by atoms with Crippen LogP contribution in [-0.4, -0.2) is 45.0 Å². The van der Waals surface area contributed by atoms with Gasteiger partial charge < -0.3 is 0 Å². The molecular formula is C18H18N4O2. The normalized spacial score (nSPS) is 28.2. The van der Waals surface area contributed by atoms with Crippen LogP contribution in [0.15, 0.2) is 9.98 Å². The van der Waals surface area contributed by atoms with Crippen molar-refractivity contribution in [3.63, 3.8) is 0 Å². The number of hydrogen-bond donors (Lipinski definition) is 0. The number of aliphatic imine (C=N–C) groups is 2. The van der Waals surface area contributed by atoms with Crippen LogP contribution >= 0.6 is 0 Å². The van der Waals surface area contributed by atoms with E-state index in [0.29, 0.717) is 0 Å². The molecule has 1 saturated carbocycles. The minimum Gasteiger partial charge on any atom is -0.290 e. The Morgan fingerprint density at radius 3 is 1.50 bits per heavy atom. The zero-order chi connectivity index (χ0) is 16.3. The summed E-state index contributed by atoms with van der Waals surface area (Å²) in [4.78, 5) is 44.1. The molecule has 0 saturated heterocycles. The van der Waals surface area contributed by atoms with Crippen LogP contribution in [0.5, 0.6) is 0 Å². The fraction of sp³-hybridized carbons (Fsp3) is 0.556. The summed E-state index contributed by atoms with van der Waals surface area (Å²) in [5, 5.41) is 0. The SMILES string of the molecule is O=C1c2nc3c(nc2C(=O)C2N=C4CCCCC4=NC12)CCCC3. The van der Waals surface area contributed by atoms with Crippen molar-refractivity contribution in [3.8, 4) is 0 Å². The molecule has 0 spiro atoms. The van der Waals surface area contributed by atoms with Gasteiger partial charge in [0.05, 0.1) is 22.8 Å². The monoisotopic (exact) mass is 322 g/mol. The van der Waals surface area contributed by atoms with E-state index in [9.17, 15) is 9.59 Å². The van der Waals surface area contributed by atoms with Crippen molar-refractivity contribution in [3.05, 3.63) is 22.8 Å². The molecule has 2 heterocycles. The number of ketones is 2. The average Bonchev–Trinajstić information content (AvgIpc) is 2.64. The molecule has 1 aliphatic heterocycles. The van der Waals surface area contributed by atoms with Crippen molar-refractivity contribution in [2.75, 3.05) is 0 Å². The lowest BCUT2D eigenvalue weighted by atomic mass is 9.84. The molecule has 4 aliphatic rings. The molecule has 0 amide bonds. The van der Waals surface area contributed by atoms with Crippen LogP contribution in [-0.2, 0) is 12.8 Å². The number of Topliss-reactive ketones (excluding diaryl/α,β-unsaturated/α-hetero) is 2. The van der Waals surface area contributed by atoms with E-state index < -0.39 is 12.1 Å². The van der Waals surface area contributed by atoms with Crippen LogP contribution in [0.25, 0.3) is 0 Å². The first-order valence-corrected chi connectivity index (χ1v) is 8.84. The zero-order valence-electron chi connectivity index (χ0n) is 13.4. The lowest BCUT2D eigenvalue weighted by molar-refractivity contribution is 0.0835. The third-order valence-electron chi connectivity index (χ3n) is 5.43. The van der Waals surface area contributed by atoms with E-state index in [0.717, 1.165) is 74.2 Å². The Kier molecular flexibility index (Phi) is 3.02. The number of aryl methyl sites for hydroxylation is 2. The molecule has 6 nitrogen and oxygen atoms in total. The van der Waals surface area contributed by atoms with Crippen molar-refractivity contribution in [2.45, 2.75) is 63.5 Å². The van der Waals surface area contributed by atoms with Crippen LogP contribution in [0.4, 0.5) is 0 Å². The summed E-state index contributed by atoms with van der Waals surface area (Å²) >= 11 is 0. The zero-order valence-corrected chi connectivity index (χ0v) is 13.4. The molecule has 0 radical (unpaired) electrons. The van der Waals surface area contributed by atoms with Gasteiger partial charge in [0.15, 0.2) is 0 Å². The second kappa shape index (κ2) is 5.13. The molecule has 24 heavy (non-hydrogen) atoms. The summed E-state index contributed by atoms with van der Waals surface area (Å²) in [5.41, 5.74) is 4.03. The number of fused-ring (bicyclic) bond motifs is 4. The molecule has 0 bridgehead atoms. The highest BCUT2D eigenvalue weighted by molar-refractivity contribution is 6.44. The fourth-order valence-corrected chi connectivity index (χ4v) is 4.15. The molecule has 2 unspecified atom stereocenters. The summed E-state index contributed by atoms with van der Waals surface area (Å²) in [6, 6.07) is -1.45. The molecule has 2 atom stereocenters. The molecule has 122 valence electrons. The molecule has 1 aromatic heterocycles. The molecule has 1 aromatic rings. The van der Waals surface area contributed by atoms with Gasteiger partial charge in [-0.2, -0.15) is 0 Å². The van der Waals surface area contributed by atoms with Gasteiger partial charge in [0, 0.05) is 0 Å². The Morgan fingerprint density at radius 2 is 1.04 bits per heavy atom. The van der Waals surface area contributed by atoms with Crippen LogP contribution in [0.2, 0.25) is 0 Å². The van der Waals surface area contributed by atoms with Gasteiger partial charge in [0.2, 0.25) is 11.6 Å². The van der Waals surface area contributed by atoms with Crippen molar-refractivity contribution >= 4 is 23.0 Å². The van der Waals surface area contributed by atoms with E-state index in [1.807, 2.05) is 0 Å². The smallest absolute Gasteiger partial charge is 0.210 e. The number of rotatable bonds is 0. The van der Waals surface area contributed by atoms with Gasteiger partial charge in [0.25, 0.3) is 0 Å². The summed E-state index contributed by atoms with van der Waals surface area (Å²) < 4.78 is 0. The largest absolute Gasteiger partial charge is 0.290 e. The van der Waals surface area contributed by atoms with Gasteiger partial charge in [-0.05, 0) is 51.4 Å². The number of hydrogen-bond acceptors (Lipinski definition) is 6. The van der Waals surface area contributed by atoms with E-state index in [1.54, 1.807) is 0 Å². The van der Waals surface area contributed by atoms with Crippen molar-refractivity contribution in [1.82, 2.24) is 9.97 Å². The molecular weight excluding hydrogens is 304 g/mol. The predicted molar refractivity (Wildman–Crippen MR) is 88.2 cm³/mol. The fourth-order valence-electron chi connectivity index (χ4n) is 4.15. The molecule has 1 fully saturated rings. The molecule has 0 N–H and O–H groups in total. The van der Waals surface area contributed by atoms with Crippen molar-refractivity contribution in [1.29, 1.82) is 0 Å². The molecule has 3 aliphatic carbocycles. The summed E-state index contributed by atoms with van der Waals surface area (Å²) in [6.45, 7) is 0. The number of carbonyl (C=O) groups is 2. The maximum Gasteiger partial charge on any atom is 0.210 e. The second-order valence-electron chi connectivity index (χ2n) is 7.00. The van der Waals surface area contributed by atoms with Crippen molar-refractivity contribution in [2.24, 2.45) is 9.98 Å². The summed E-state index contributed by atoms with van der Waals surface area (Å²) in [7, 11) is 0. The van der Waals surface area contributed by atoms with Gasteiger partial charge in [-0.1, -0.05) is 0 Å². The number of carbonyl (C=O) groups excluding carboxylic acids is 2. The first-order valence-electron chi connectivity index (χ1n) is 8.84. The van der Waals surface area contributed by atoms with E-state index in [4.69, 9.17) is 0 Å². The average molecular weight is 322 g/mol. The van der Waals surface area contributed by atoms with Gasteiger partial charge in [0.1, 0.15) is 23.5 Å². The number of nitrogens with zero attached hydrogens (tertiary/aromatic N) is 4. The Morgan fingerprint density at radius 1 is 0.625 bits per heavy atom. The van der Waals surface area contributed by atoms with Gasteiger partial charge in [-0.3, -0.25) is 19.6 Å². The Balaban J connectivity index is 1.64. The van der Waals surface area contributed by atoms with Gasteiger partial charge in [-0.15, -0.1) is 0 Å². The first-order chi connectivity index (χ1) is 11.7. The highest BCUT2D eigenvalue weighted by atomic mass is 16.1. The van der Waals surface area contributed by atoms with E-state index >= 15 is 0 Å². The Labute approximate surface area is 139 Å². The minimum absolute atomic E-state index is 0.184. The quantitative estimate of drug-likeness (QED) is 0.730. The van der Waals surface area contributed by atoms with E-state index in [1.165, 1.54) is 0 Å². The topological polar surface area (TPSA) is 84.6 Å². The first kappa shape index (κ1) is 14.1. The third kappa shape index (κ3) is 1.95. The lowest BCUT2D eigenvalue weighted by Crippen LogP contribution is -2.48. The van der Waals surface area contributed by atoms with Crippen molar-refractivity contribution < 1.29 is 9.59 Å². The molecule has 6 heteroatoms. The summed E-state index contributed by atoms with van der Waals surface area (Å²) in [6.07, 6.45) is 7.64. The lowest BCUT2D eigenvalue weighted by Gasteiger charge is -2.31. The molecule has 0 aromatic carbocycles. The maximum atomic E-state index is 12.9. The van der Waals surface area contributed by atoms with Gasteiger partial charge in [-0.25, -0.2) is 9.97 Å². The maximum absolute atomic E-state index is 12.9. The summed E-state index contributed by atoms with van der Waals surface area (Å²) in [5.74, 6) is -0.368. The molecule has 5 rings (SSSR count). The Bertz CT molecular complexity index is 771. The minimum atomic E-state index is -0.724. The van der Waals surface area contributed by atoms with Crippen LogP contribution < -0.4 is 0 Å². The van der Waals surface area contributed by atoms with Crippen LogP contribution in [0.3, 0.4) is 0 Å². The van der Waals surface area contributed by atoms with E-state index in [2.05, 4.69) is 20.0 Å². The highest BCUT2D eigenvalue weighted by Gasteiger charge is 2.46. The predicted octanol–water partition coefficient (Wildman–Crippen LogP) is 1.94. The number of aromatic nitrogens is 2.